The van der Waals surface area contributed by atoms with E-state index in [2.05, 4.69) is 41.2 Å². The second kappa shape index (κ2) is 10.7. The maximum Gasteiger partial charge on any atom is 0.241 e. The summed E-state index contributed by atoms with van der Waals surface area (Å²) in [7, 11) is 5.27. The van der Waals surface area contributed by atoms with Crippen LogP contribution in [0.3, 0.4) is 0 Å². The molecule has 4 aromatic rings. The van der Waals surface area contributed by atoms with Crippen LogP contribution in [0.5, 0.6) is 11.5 Å². The van der Waals surface area contributed by atoms with Crippen molar-refractivity contribution in [3.05, 3.63) is 60.7 Å². The van der Waals surface area contributed by atoms with Crippen LogP contribution in [0.1, 0.15) is 6.92 Å². The quantitative estimate of drug-likeness (QED) is 0.327. The van der Waals surface area contributed by atoms with E-state index in [-0.39, 0.29) is 30.7 Å². The number of nitrogens with two attached hydrogens (primary N) is 1. The predicted molar refractivity (Wildman–Crippen MR) is 131 cm³/mol. The van der Waals surface area contributed by atoms with E-state index in [1.54, 1.807) is 27.2 Å². The summed E-state index contributed by atoms with van der Waals surface area (Å²) in [6, 6.07) is 19.6. The summed E-state index contributed by atoms with van der Waals surface area (Å²) in [5.41, 5.74) is 10.4. The molecule has 0 radical (unpaired) electrons. The van der Waals surface area contributed by atoms with E-state index < -0.39 is 6.04 Å². The van der Waals surface area contributed by atoms with Crippen LogP contribution in [0.15, 0.2) is 60.7 Å². The molecule has 1 aromatic heterocycles. The Morgan fingerprint density at radius 2 is 1.45 bits per heavy atom. The molecule has 3 aromatic carbocycles. The van der Waals surface area contributed by atoms with Gasteiger partial charge in [0.1, 0.15) is 18.5 Å². The van der Waals surface area contributed by atoms with E-state index >= 15 is 0 Å². The molecule has 0 unspecified atom stereocenters. The van der Waals surface area contributed by atoms with Crippen molar-refractivity contribution in [3.8, 4) is 22.6 Å². The van der Waals surface area contributed by atoms with Crippen molar-refractivity contribution in [2.75, 3.05) is 19.5 Å². The SMILES string of the molecule is COc1cc(-c2c3ccccc3[n+](C)c3ccccc23)c(OC)cc1NC(=O)[C@H](C)N.Cl.[Cl-]. The van der Waals surface area contributed by atoms with Crippen molar-refractivity contribution >= 4 is 45.8 Å². The molecule has 0 saturated carbocycles. The molecule has 3 N–H and O–H groups in total. The minimum atomic E-state index is -0.641. The highest BCUT2D eigenvalue weighted by Gasteiger charge is 2.23. The molecule has 0 aliphatic heterocycles. The average molecular weight is 488 g/mol. The molecule has 0 spiro atoms. The largest absolute Gasteiger partial charge is 1.00 e. The van der Waals surface area contributed by atoms with Crippen molar-refractivity contribution in [1.82, 2.24) is 0 Å². The second-order valence-corrected chi connectivity index (χ2v) is 7.50. The fourth-order valence-corrected chi connectivity index (χ4v) is 3.96. The van der Waals surface area contributed by atoms with Crippen molar-refractivity contribution in [3.63, 3.8) is 0 Å². The Morgan fingerprint density at radius 3 is 1.94 bits per heavy atom. The molecule has 0 saturated heterocycles. The number of hydrogen-bond acceptors (Lipinski definition) is 4. The van der Waals surface area contributed by atoms with Gasteiger partial charge in [-0.3, -0.25) is 4.79 Å². The van der Waals surface area contributed by atoms with Gasteiger partial charge in [-0.1, -0.05) is 24.3 Å². The number of rotatable bonds is 5. The zero-order chi connectivity index (χ0) is 22.1. The van der Waals surface area contributed by atoms with Crippen LogP contribution < -0.4 is 37.5 Å². The van der Waals surface area contributed by atoms with Gasteiger partial charge in [0, 0.05) is 29.3 Å². The molecule has 0 aliphatic carbocycles. The number of fused-ring (bicyclic) bond motifs is 2. The number of methoxy groups -OCH3 is 2. The molecular weight excluding hydrogens is 461 g/mol. The van der Waals surface area contributed by atoms with E-state index in [0.717, 1.165) is 32.9 Å². The maximum atomic E-state index is 12.2. The lowest BCUT2D eigenvalue weighted by molar-refractivity contribution is -0.617. The Labute approximate surface area is 205 Å². The number of aromatic nitrogens is 1. The first-order chi connectivity index (χ1) is 15.0. The van der Waals surface area contributed by atoms with E-state index in [1.807, 2.05) is 30.3 Å². The normalized spacial score (nSPS) is 11.3. The number of carbonyl (C=O) groups excluding carboxylic acids is 1. The highest BCUT2D eigenvalue weighted by Crippen LogP contribution is 2.43. The topological polar surface area (TPSA) is 77.5 Å². The molecule has 33 heavy (non-hydrogen) atoms. The number of anilines is 1. The van der Waals surface area contributed by atoms with Crippen LogP contribution >= 0.6 is 12.4 Å². The highest BCUT2D eigenvalue weighted by atomic mass is 35.5. The minimum absolute atomic E-state index is 0. The molecule has 8 heteroatoms. The van der Waals surface area contributed by atoms with Crippen LogP contribution in [0, 0.1) is 0 Å². The zero-order valence-electron chi connectivity index (χ0n) is 18.9. The predicted octanol–water partition coefficient (Wildman–Crippen LogP) is 1.21. The van der Waals surface area contributed by atoms with Gasteiger partial charge in [-0.2, -0.15) is 4.57 Å². The van der Waals surface area contributed by atoms with Crippen LogP contribution in [0.4, 0.5) is 5.69 Å². The molecule has 174 valence electrons. The summed E-state index contributed by atoms with van der Waals surface area (Å²) in [6.45, 7) is 1.63. The number of halogens is 2. The average Bonchev–Trinajstić information content (AvgIpc) is 2.79. The molecule has 1 amide bonds. The molecule has 4 rings (SSSR count). The number of pyridine rings is 1. The van der Waals surface area contributed by atoms with E-state index in [0.29, 0.717) is 17.2 Å². The van der Waals surface area contributed by atoms with Crippen molar-refractivity contribution < 1.29 is 31.2 Å². The first-order valence-electron chi connectivity index (χ1n) is 10.1. The molecule has 0 aliphatic rings. The summed E-state index contributed by atoms with van der Waals surface area (Å²) >= 11 is 0. The summed E-state index contributed by atoms with van der Waals surface area (Å²) in [5, 5.41) is 5.01. The van der Waals surface area contributed by atoms with Gasteiger partial charge < -0.3 is 32.9 Å². The Morgan fingerprint density at radius 1 is 0.939 bits per heavy atom. The standard InChI is InChI=1S/C25H25N3O3.2ClH/c1-15(26)25(29)27-19-14-22(30-3)18(13-23(19)31-4)24-16-9-5-7-11-20(16)28(2)21-12-8-6-10-17(21)24;;/h5-15H,26H2,1-4H3;2*1H/t15-;;/m0../s1. The highest BCUT2D eigenvalue weighted by molar-refractivity contribution is 6.09. The van der Waals surface area contributed by atoms with Crippen molar-refractivity contribution in [2.24, 2.45) is 12.8 Å². The summed E-state index contributed by atoms with van der Waals surface area (Å²) < 4.78 is 13.6. The van der Waals surface area contributed by atoms with Gasteiger partial charge in [0.25, 0.3) is 0 Å². The molecular formula is C25H27Cl2N3O3. The lowest BCUT2D eigenvalue weighted by Gasteiger charge is -2.18. The van der Waals surface area contributed by atoms with Gasteiger partial charge in [-0.05, 0) is 25.1 Å². The monoisotopic (exact) mass is 487 g/mol. The minimum Gasteiger partial charge on any atom is -1.00 e. The lowest BCUT2D eigenvalue weighted by atomic mass is 9.94. The number of ether oxygens (including phenoxy) is 2. The third kappa shape index (κ3) is 4.69. The number of carbonyl (C=O) groups is 1. The Kier molecular flexibility index (Phi) is 8.50. The number of para-hydroxylation sites is 2. The molecule has 0 bridgehead atoms. The lowest BCUT2D eigenvalue weighted by Crippen LogP contribution is -3.00. The van der Waals surface area contributed by atoms with Gasteiger partial charge >= 0.3 is 0 Å². The van der Waals surface area contributed by atoms with Crippen LogP contribution in [0.25, 0.3) is 32.9 Å². The summed E-state index contributed by atoms with van der Waals surface area (Å²) in [5.74, 6) is 0.867. The van der Waals surface area contributed by atoms with Crippen LogP contribution in [-0.2, 0) is 11.8 Å². The number of hydrogen-bond donors (Lipinski definition) is 2. The number of benzene rings is 3. The van der Waals surface area contributed by atoms with E-state index in [1.165, 1.54) is 0 Å². The third-order valence-electron chi connectivity index (χ3n) is 5.53. The van der Waals surface area contributed by atoms with Crippen molar-refractivity contribution in [1.29, 1.82) is 0 Å². The number of amides is 1. The Bertz CT molecular complexity index is 1250. The van der Waals surface area contributed by atoms with Gasteiger partial charge in [0.2, 0.25) is 16.9 Å². The van der Waals surface area contributed by atoms with E-state index in [4.69, 9.17) is 15.2 Å². The number of aryl methyl sites for hydroxylation is 1. The van der Waals surface area contributed by atoms with Gasteiger partial charge in [0.05, 0.1) is 36.7 Å². The maximum absolute atomic E-state index is 12.2. The summed E-state index contributed by atoms with van der Waals surface area (Å²) in [4.78, 5) is 12.2. The molecule has 1 heterocycles. The van der Waals surface area contributed by atoms with Crippen molar-refractivity contribution in [2.45, 2.75) is 13.0 Å². The number of nitrogens with one attached hydrogen (secondary N) is 1. The van der Waals surface area contributed by atoms with Crippen LogP contribution in [0.2, 0.25) is 0 Å². The van der Waals surface area contributed by atoms with Crippen LogP contribution in [-0.4, -0.2) is 26.2 Å². The fraction of sp³-hybridized carbons (Fsp3) is 0.200. The van der Waals surface area contributed by atoms with Gasteiger partial charge in [-0.25, -0.2) is 0 Å². The third-order valence-corrected chi connectivity index (χ3v) is 5.53. The molecule has 6 nitrogen and oxygen atoms in total. The Hall–Kier alpha value is -3.06. The molecule has 0 fully saturated rings. The molecule has 1 atom stereocenters. The first-order valence-corrected chi connectivity index (χ1v) is 10.1. The Balaban J connectivity index is 0.00000193. The first kappa shape index (κ1) is 26.2. The zero-order valence-corrected chi connectivity index (χ0v) is 20.5. The second-order valence-electron chi connectivity index (χ2n) is 7.50. The van der Waals surface area contributed by atoms with Gasteiger partial charge in [0.15, 0.2) is 0 Å². The van der Waals surface area contributed by atoms with Gasteiger partial charge in [-0.15, -0.1) is 12.4 Å². The number of nitrogens with zero attached hydrogens (tertiary/aromatic N) is 1. The van der Waals surface area contributed by atoms with E-state index in [9.17, 15) is 4.79 Å². The smallest absolute Gasteiger partial charge is 0.241 e. The fourth-order valence-electron chi connectivity index (χ4n) is 3.96. The summed E-state index contributed by atoms with van der Waals surface area (Å²) in [6.07, 6.45) is 0.